The van der Waals surface area contributed by atoms with Crippen LogP contribution in [0.25, 0.3) is 0 Å². The van der Waals surface area contributed by atoms with Crippen LogP contribution in [0.5, 0.6) is 0 Å². The Labute approximate surface area is 135 Å². The van der Waals surface area contributed by atoms with Gasteiger partial charge in [0.05, 0.1) is 5.75 Å². The molecule has 0 saturated carbocycles. The molecule has 2 aromatic heterocycles. The van der Waals surface area contributed by atoms with E-state index in [-0.39, 0.29) is 22.2 Å². The second-order valence-corrected chi connectivity index (χ2v) is 5.32. The zero-order valence-electron chi connectivity index (χ0n) is 12.2. The Morgan fingerprint density at radius 1 is 1.35 bits per heavy atom. The lowest BCUT2D eigenvalue weighted by Gasteiger charge is -2.03. The number of urea groups is 1. The maximum Gasteiger partial charge on any atom is 0.321 e. The molecule has 2 heterocycles. The molecule has 0 bridgehead atoms. The van der Waals surface area contributed by atoms with Crippen LogP contribution in [0.15, 0.2) is 34.5 Å². The van der Waals surface area contributed by atoms with Gasteiger partial charge < -0.3 is 5.32 Å². The van der Waals surface area contributed by atoms with Crippen LogP contribution >= 0.6 is 11.8 Å². The summed E-state index contributed by atoms with van der Waals surface area (Å²) in [5, 5.41) is 12.3. The fourth-order valence-corrected chi connectivity index (χ4v) is 2.18. The van der Waals surface area contributed by atoms with Crippen molar-refractivity contribution in [3.05, 3.63) is 46.1 Å². The van der Waals surface area contributed by atoms with Crippen molar-refractivity contribution in [3.8, 4) is 0 Å². The lowest BCUT2D eigenvalue weighted by Crippen LogP contribution is -2.38. The van der Waals surface area contributed by atoms with Crippen LogP contribution in [-0.2, 0) is 11.2 Å². The number of hydrogen-bond acceptors (Lipinski definition) is 7. The molecule has 0 aliphatic rings. The van der Waals surface area contributed by atoms with E-state index in [9.17, 15) is 14.4 Å². The van der Waals surface area contributed by atoms with Crippen molar-refractivity contribution in [1.82, 2.24) is 30.8 Å². The molecular weight excluding hydrogens is 320 g/mol. The quantitative estimate of drug-likeness (QED) is 0.640. The number of aromatic nitrogens is 4. The van der Waals surface area contributed by atoms with Crippen molar-refractivity contribution >= 4 is 23.7 Å². The molecule has 10 heteroatoms. The van der Waals surface area contributed by atoms with Crippen molar-refractivity contribution in [2.45, 2.75) is 11.6 Å². The summed E-state index contributed by atoms with van der Waals surface area (Å²) in [4.78, 5) is 40.9. The second-order valence-electron chi connectivity index (χ2n) is 4.36. The number of thioether (sulfide) groups is 1. The average Bonchev–Trinajstić information content (AvgIpc) is 2.56. The third kappa shape index (κ3) is 5.18. The van der Waals surface area contributed by atoms with E-state index in [0.29, 0.717) is 6.42 Å². The first-order valence-corrected chi connectivity index (χ1v) is 7.56. The molecule has 3 amide bonds. The molecule has 0 spiro atoms. The first kappa shape index (κ1) is 16.6. The maximum atomic E-state index is 12.0. The number of hydrogen-bond donors (Lipinski definition) is 3. The number of imide groups is 1. The lowest BCUT2D eigenvalue weighted by atomic mass is 10.2. The van der Waals surface area contributed by atoms with Crippen LogP contribution in [0, 0.1) is 0 Å². The normalized spacial score (nSPS) is 10.1. The summed E-state index contributed by atoms with van der Waals surface area (Å²) in [5.74, 6) is -0.573. The largest absolute Gasteiger partial charge is 0.341 e. The maximum absolute atomic E-state index is 12.0. The summed E-state index contributed by atoms with van der Waals surface area (Å²) in [5.41, 5.74) is 0.730. The summed E-state index contributed by atoms with van der Waals surface area (Å²) in [7, 11) is 1.40. The van der Waals surface area contributed by atoms with Gasteiger partial charge in [0.15, 0.2) is 5.16 Å². The molecule has 120 valence electrons. The number of carbonyl (C=O) groups excluding carboxylic acids is 2. The summed E-state index contributed by atoms with van der Waals surface area (Å²) in [6.45, 7) is 0. The van der Waals surface area contributed by atoms with Crippen LogP contribution in [-0.4, -0.2) is 44.9 Å². The second kappa shape index (κ2) is 8.03. The van der Waals surface area contributed by atoms with E-state index in [4.69, 9.17) is 0 Å². The van der Waals surface area contributed by atoms with Gasteiger partial charge in [0.1, 0.15) is 5.69 Å². The van der Waals surface area contributed by atoms with Crippen molar-refractivity contribution in [2.24, 2.45) is 0 Å². The zero-order valence-corrected chi connectivity index (χ0v) is 13.0. The average molecular weight is 334 g/mol. The van der Waals surface area contributed by atoms with Gasteiger partial charge in [-0.2, -0.15) is 0 Å². The Kier molecular flexibility index (Phi) is 5.80. The van der Waals surface area contributed by atoms with E-state index < -0.39 is 11.9 Å². The number of aromatic amines is 1. The predicted molar refractivity (Wildman–Crippen MR) is 83.0 cm³/mol. The van der Waals surface area contributed by atoms with Crippen molar-refractivity contribution in [2.75, 3.05) is 12.8 Å². The molecule has 2 aromatic rings. The van der Waals surface area contributed by atoms with Crippen LogP contribution in [0.1, 0.15) is 11.3 Å². The van der Waals surface area contributed by atoms with Crippen molar-refractivity contribution in [3.63, 3.8) is 0 Å². The molecule has 0 radical (unpaired) electrons. The van der Waals surface area contributed by atoms with E-state index in [1.165, 1.54) is 7.05 Å². The fraction of sp³-hybridized carbons (Fsp3) is 0.231. The molecule has 9 nitrogen and oxygen atoms in total. The topological polar surface area (TPSA) is 130 Å². The monoisotopic (exact) mass is 334 g/mol. The molecular formula is C13H14N6O3S. The summed E-state index contributed by atoms with van der Waals surface area (Å²) in [6.07, 6.45) is 3.61. The number of carbonyl (C=O) groups is 2. The van der Waals surface area contributed by atoms with E-state index in [0.717, 1.165) is 17.3 Å². The molecule has 0 fully saturated rings. The third-order valence-corrected chi connectivity index (χ3v) is 3.52. The summed E-state index contributed by atoms with van der Waals surface area (Å²) >= 11 is 0.977. The number of rotatable bonds is 5. The Morgan fingerprint density at radius 2 is 2.17 bits per heavy atom. The van der Waals surface area contributed by atoms with Crippen molar-refractivity contribution in [1.29, 1.82) is 0 Å². The van der Waals surface area contributed by atoms with Gasteiger partial charge in [-0.15, -0.1) is 10.2 Å². The fourth-order valence-electron chi connectivity index (χ4n) is 1.58. The SMILES string of the molecule is CNC(=O)NC(=O)CSc1nnc(Cc2cccnc2)c(=O)[nH]1. The zero-order chi connectivity index (χ0) is 16.7. The molecule has 2 rings (SSSR count). The van der Waals surface area contributed by atoms with E-state index in [1.54, 1.807) is 18.5 Å². The van der Waals surface area contributed by atoms with E-state index in [1.807, 2.05) is 6.07 Å². The molecule has 0 unspecified atom stereocenters. The number of amides is 3. The van der Waals surface area contributed by atoms with Crippen LogP contribution in [0.4, 0.5) is 4.79 Å². The van der Waals surface area contributed by atoms with Crippen LogP contribution < -0.4 is 16.2 Å². The van der Waals surface area contributed by atoms with Crippen molar-refractivity contribution < 1.29 is 9.59 Å². The van der Waals surface area contributed by atoms with Gasteiger partial charge in [-0.05, 0) is 11.6 Å². The van der Waals surface area contributed by atoms with Crippen LogP contribution in [0.2, 0.25) is 0 Å². The third-order valence-electron chi connectivity index (χ3n) is 2.66. The van der Waals surface area contributed by atoms with Gasteiger partial charge in [0.2, 0.25) is 5.91 Å². The first-order chi connectivity index (χ1) is 11.1. The van der Waals surface area contributed by atoms with Gasteiger partial charge in [-0.3, -0.25) is 24.9 Å². The van der Waals surface area contributed by atoms with Gasteiger partial charge in [0.25, 0.3) is 5.56 Å². The minimum Gasteiger partial charge on any atom is -0.341 e. The van der Waals surface area contributed by atoms with Gasteiger partial charge in [-0.25, -0.2) is 4.79 Å². The van der Waals surface area contributed by atoms with Crippen LogP contribution in [0.3, 0.4) is 0 Å². The molecule has 0 aromatic carbocycles. The van der Waals surface area contributed by atoms with Gasteiger partial charge >= 0.3 is 6.03 Å². The molecule has 0 aliphatic carbocycles. The van der Waals surface area contributed by atoms with E-state index >= 15 is 0 Å². The smallest absolute Gasteiger partial charge is 0.321 e. The standard InChI is InChI=1S/C13H14N6O3S/c1-14-12(22)16-10(20)7-23-13-17-11(21)9(18-19-13)5-8-3-2-4-15-6-8/h2-4,6H,5,7H2,1H3,(H,17,19,21)(H2,14,16,20,22). The Bertz CT molecular complexity index is 749. The number of H-pyrrole nitrogens is 1. The summed E-state index contributed by atoms with van der Waals surface area (Å²) in [6, 6.07) is 3.01. The Hall–Kier alpha value is -2.75. The van der Waals surface area contributed by atoms with Gasteiger partial charge in [0, 0.05) is 25.9 Å². The highest BCUT2D eigenvalue weighted by Crippen LogP contribution is 2.09. The molecule has 23 heavy (non-hydrogen) atoms. The summed E-state index contributed by atoms with van der Waals surface area (Å²) < 4.78 is 0. The minimum atomic E-state index is -0.595. The highest BCUT2D eigenvalue weighted by Gasteiger charge is 2.10. The molecule has 0 saturated heterocycles. The molecule has 3 N–H and O–H groups in total. The number of pyridine rings is 1. The highest BCUT2D eigenvalue weighted by atomic mass is 32.2. The number of nitrogens with one attached hydrogen (secondary N) is 3. The molecule has 0 atom stereocenters. The predicted octanol–water partition coefficient (Wildman–Crippen LogP) is -0.302. The number of nitrogens with zero attached hydrogens (tertiary/aromatic N) is 3. The highest BCUT2D eigenvalue weighted by molar-refractivity contribution is 7.99. The Morgan fingerprint density at radius 3 is 2.83 bits per heavy atom. The minimum absolute atomic E-state index is 0.0695. The first-order valence-electron chi connectivity index (χ1n) is 6.57. The molecule has 0 aliphatic heterocycles. The lowest BCUT2D eigenvalue weighted by molar-refractivity contribution is -0.117. The van der Waals surface area contributed by atoms with E-state index in [2.05, 4.69) is 30.8 Å². The Balaban J connectivity index is 1.95. The van der Waals surface area contributed by atoms with Gasteiger partial charge in [-0.1, -0.05) is 17.8 Å².